The van der Waals surface area contributed by atoms with Gasteiger partial charge in [0.05, 0.1) is 6.67 Å². The predicted octanol–water partition coefficient (Wildman–Crippen LogP) is 4.82. The molecule has 7 heteroatoms. The summed E-state index contributed by atoms with van der Waals surface area (Å²) in [5.74, 6) is 1.10. The fourth-order valence-corrected chi connectivity index (χ4v) is 5.35. The molecule has 0 bridgehead atoms. The van der Waals surface area contributed by atoms with E-state index in [1.54, 1.807) is 0 Å². The van der Waals surface area contributed by atoms with Gasteiger partial charge >= 0.3 is 0 Å². The Kier molecular flexibility index (Phi) is 6.32. The highest BCUT2D eigenvalue weighted by Gasteiger charge is 2.31. The minimum absolute atomic E-state index is 0.561. The van der Waals surface area contributed by atoms with E-state index in [0.717, 1.165) is 37.0 Å². The summed E-state index contributed by atoms with van der Waals surface area (Å²) in [5.41, 5.74) is 2.70. The molecule has 6 nitrogen and oxygen atoms in total. The second-order valence-electron chi connectivity index (χ2n) is 9.60. The molecule has 1 aromatic carbocycles. The molecule has 0 amide bonds. The van der Waals surface area contributed by atoms with E-state index >= 15 is 0 Å². The van der Waals surface area contributed by atoms with Gasteiger partial charge < -0.3 is 9.80 Å². The van der Waals surface area contributed by atoms with Crippen LogP contribution in [0.1, 0.15) is 63.0 Å². The van der Waals surface area contributed by atoms with Crippen molar-refractivity contribution in [2.24, 2.45) is 0 Å². The second-order valence-corrected chi connectivity index (χ2v) is 9.97. The summed E-state index contributed by atoms with van der Waals surface area (Å²) in [4.78, 5) is 7.28. The van der Waals surface area contributed by atoms with Gasteiger partial charge in [0.25, 0.3) is 0 Å². The lowest BCUT2D eigenvalue weighted by atomic mass is 10.1. The van der Waals surface area contributed by atoms with Crippen LogP contribution in [0, 0.1) is 4.77 Å². The lowest BCUT2D eigenvalue weighted by Gasteiger charge is -2.29. The van der Waals surface area contributed by atoms with E-state index < -0.39 is 0 Å². The molecular formula is C24H36N6S. The van der Waals surface area contributed by atoms with Crippen molar-refractivity contribution >= 4 is 23.9 Å². The number of nitrogens with zero attached hydrogens (tertiary/aromatic N) is 6. The van der Waals surface area contributed by atoms with Gasteiger partial charge in [0, 0.05) is 44.5 Å². The van der Waals surface area contributed by atoms with Gasteiger partial charge in [0.15, 0.2) is 0 Å². The van der Waals surface area contributed by atoms with E-state index in [1.165, 1.54) is 75.7 Å². The van der Waals surface area contributed by atoms with Crippen LogP contribution in [0.2, 0.25) is 0 Å². The standard InChI is InChI=1S/C24H36N6S/c1-26(18-20-8-10-21(11-9-20)27-14-4-2-5-15-27)19-29-24(31)30(22-12-13-22)23(25-29)28-16-6-3-7-17-28/h8-11,22H,2-7,12-19H2,1H3. The minimum Gasteiger partial charge on any atom is -0.372 e. The summed E-state index contributed by atoms with van der Waals surface area (Å²) in [6.45, 7) is 6.24. The van der Waals surface area contributed by atoms with Gasteiger partial charge in [-0.05, 0) is 88.3 Å². The van der Waals surface area contributed by atoms with Crippen molar-refractivity contribution in [3.63, 3.8) is 0 Å². The molecule has 1 aromatic heterocycles. The molecule has 0 spiro atoms. The molecule has 2 aliphatic heterocycles. The number of piperidine rings is 2. The number of aromatic nitrogens is 3. The SMILES string of the molecule is CN(Cc1ccc(N2CCCCC2)cc1)Cn1nc(N2CCCCC2)n(C2CC2)c1=S. The van der Waals surface area contributed by atoms with E-state index in [4.69, 9.17) is 17.3 Å². The summed E-state index contributed by atoms with van der Waals surface area (Å²) in [7, 11) is 2.16. The van der Waals surface area contributed by atoms with Gasteiger partial charge in [-0.2, -0.15) is 0 Å². The number of hydrogen-bond donors (Lipinski definition) is 0. The highest BCUT2D eigenvalue weighted by atomic mass is 32.1. The highest BCUT2D eigenvalue weighted by molar-refractivity contribution is 7.71. The quantitative estimate of drug-likeness (QED) is 0.577. The molecule has 2 aromatic rings. The van der Waals surface area contributed by atoms with Gasteiger partial charge in [-0.15, -0.1) is 5.10 Å². The maximum atomic E-state index is 5.88. The smallest absolute Gasteiger partial charge is 0.226 e. The Morgan fingerprint density at radius 2 is 1.52 bits per heavy atom. The monoisotopic (exact) mass is 440 g/mol. The number of hydrogen-bond acceptors (Lipinski definition) is 5. The van der Waals surface area contributed by atoms with Crippen molar-refractivity contribution in [2.75, 3.05) is 43.0 Å². The fraction of sp³-hybridized carbons (Fsp3) is 0.667. The summed E-state index contributed by atoms with van der Waals surface area (Å²) in [5, 5.41) is 5.00. The average Bonchev–Trinajstić information content (AvgIpc) is 3.60. The summed E-state index contributed by atoms with van der Waals surface area (Å²) >= 11 is 5.88. The lowest BCUT2D eigenvalue weighted by Crippen LogP contribution is -2.32. The van der Waals surface area contributed by atoms with Gasteiger partial charge in [0.1, 0.15) is 0 Å². The van der Waals surface area contributed by atoms with Crippen LogP contribution in [0.4, 0.5) is 11.6 Å². The molecule has 31 heavy (non-hydrogen) atoms. The highest BCUT2D eigenvalue weighted by Crippen LogP contribution is 2.38. The van der Waals surface area contributed by atoms with Crippen LogP contribution in [-0.2, 0) is 13.2 Å². The van der Waals surface area contributed by atoms with Gasteiger partial charge in [-0.3, -0.25) is 9.47 Å². The Morgan fingerprint density at radius 1 is 0.903 bits per heavy atom. The summed E-state index contributed by atoms with van der Waals surface area (Å²) in [6, 6.07) is 9.70. The Bertz CT molecular complexity index is 917. The van der Waals surface area contributed by atoms with Crippen LogP contribution in [0.15, 0.2) is 24.3 Å². The van der Waals surface area contributed by atoms with Crippen molar-refractivity contribution in [3.8, 4) is 0 Å². The third kappa shape index (κ3) is 4.82. The Balaban J connectivity index is 1.26. The first-order valence-corrected chi connectivity index (χ1v) is 12.6. The van der Waals surface area contributed by atoms with E-state index in [1.807, 2.05) is 4.68 Å². The molecule has 0 atom stereocenters. The minimum atomic E-state index is 0.561. The molecule has 3 aliphatic rings. The number of benzene rings is 1. The van der Waals surface area contributed by atoms with Gasteiger partial charge in [0.2, 0.25) is 10.7 Å². The molecule has 0 unspecified atom stereocenters. The Morgan fingerprint density at radius 3 is 2.13 bits per heavy atom. The molecule has 5 rings (SSSR count). The van der Waals surface area contributed by atoms with Crippen LogP contribution in [0.3, 0.4) is 0 Å². The van der Waals surface area contributed by atoms with Crippen LogP contribution < -0.4 is 9.80 Å². The first-order chi connectivity index (χ1) is 15.2. The van der Waals surface area contributed by atoms with Crippen LogP contribution >= 0.6 is 12.2 Å². The Hall–Kier alpha value is -1.86. The van der Waals surface area contributed by atoms with Crippen LogP contribution in [0.5, 0.6) is 0 Å². The van der Waals surface area contributed by atoms with Crippen molar-refractivity contribution in [3.05, 3.63) is 34.6 Å². The zero-order chi connectivity index (χ0) is 21.2. The number of anilines is 2. The predicted molar refractivity (Wildman–Crippen MR) is 129 cm³/mol. The molecule has 0 radical (unpaired) electrons. The zero-order valence-electron chi connectivity index (χ0n) is 18.9. The van der Waals surface area contributed by atoms with Crippen molar-refractivity contribution in [1.82, 2.24) is 19.2 Å². The van der Waals surface area contributed by atoms with Crippen molar-refractivity contribution in [2.45, 2.75) is 70.6 Å². The average molecular weight is 441 g/mol. The van der Waals surface area contributed by atoms with Crippen molar-refractivity contribution < 1.29 is 0 Å². The largest absolute Gasteiger partial charge is 0.372 e. The van der Waals surface area contributed by atoms with E-state index in [0.29, 0.717) is 6.04 Å². The normalized spacial score (nSPS) is 19.9. The lowest BCUT2D eigenvalue weighted by molar-refractivity contribution is 0.243. The second kappa shape index (κ2) is 9.33. The van der Waals surface area contributed by atoms with Crippen LogP contribution in [0.25, 0.3) is 0 Å². The third-order valence-corrected chi connectivity index (χ3v) is 7.30. The zero-order valence-corrected chi connectivity index (χ0v) is 19.7. The first-order valence-electron chi connectivity index (χ1n) is 12.2. The molecule has 1 aliphatic carbocycles. The summed E-state index contributed by atoms with van der Waals surface area (Å²) < 4.78 is 5.26. The molecule has 3 heterocycles. The maximum Gasteiger partial charge on any atom is 0.226 e. The van der Waals surface area contributed by atoms with Gasteiger partial charge in [-0.25, -0.2) is 4.68 Å². The molecule has 0 N–H and O–H groups in total. The molecule has 2 saturated heterocycles. The molecule has 1 saturated carbocycles. The van der Waals surface area contributed by atoms with E-state index in [9.17, 15) is 0 Å². The Labute approximate surface area is 191 Å². The summed E-state index contributed by atoms with van der Waals surface area (Å²) in [6.07, 6.45) is 10.3. The number of rotatable bonds is 7. The van der Waals surface area contributed by atoms with E-state index in [2.05, 4.69) is 50.6 Å². The van der Waals surface area contributed by atoms with E-state index in [-0.39, 0.29) is 0 Å². The fourth-order valence-electron chi connectivity index (χ4n) is 5.02. The van der Waals surface area contributed by atoms with Crippen LogP contribution in [-0.4, -0.2) is 52.5 Å². The van der Waals surface area contributed by atoms with Crippen molar-refractivity contribution in [1.29, 1.82) is 0 Å². The topological polar surface area (TPSA) is 32.5 Å². The third-order valence-electron chi connectivity index (χ3n) is 6.89. The molecule has 168 valence electrons. The molecule has 3 fully saturated rings. The maximum absolute atomic E-state index is 5.88. The molecular weight excluding hydrogens is 404 g/mol. The first kappa shape index (κ1) is 21.0. The van der Waals surface area contributed by atoms with Gasteiger partial charge in [-0.1, -0.05) is 12.1 Å².